The van der Waals surface area contributed by atoms with E-state index in [0.717, 1.165) is 37.0 Å². The third-order valence-corrected chi connectivity index (χ3v) is 6.88. The van der Waals surface area contributed by atoms with E-state index in [1.54, 1.807) is 11.3 Å². The number of carbonyl (C=O) groups excluding carboxylic acids is 2. The molecule has 5 heteroatoms. The average Bonchev–Trinajstić information content (AvgIpc) is 2.84. The molecule has 2 aliphatic carbocycles. The second-order valence-electron chi connectivity index (χ2n) is 7.76. The first kappa shape index (κ1) is 16.5. The van der Waals surface area contributed by atoms with Gasteiger partial charge in [-0.2, -0.15) is 0 Å². The van der Waals surface area contributed by atoms with Gasteiger partial charge in [0, 0.05) is 4.88 Å². The number of nitrogens with one attached hydrogen (secondary N) is 1. The maximum atomic E-state index is 13.2. The van der Waals surface area contributed by atoms with Crippen molar-refractivity contribution < 1.29 is 9.59 Å². The van der Waals surface area contributed by atoms with Gasteiger partial charge in [0.1, 0.15) is 5.54 Å². The molecule has 1 heterocycles. The number of primary amides is 1. The summed E-state index contributed by atoms with van der Waals surface area (Å²) >= 11 is 1.62. The van der Waals surface area contributed by atoms with Crippen molar-refractivity contribution in [2.24, 2.45) is 11.1 Å². The highest BCUT2D eigenvalue weighted by Gasteiger charge is 2.68. The zero-order chi connectivity index (χ0) is 16.7. The average molecular weight is 334 g/mol. The van der Waals surface area contributed by atoms with Crippen LogP contribution >= 0.6 is 11.3 Å². The minimum atomic E-state index is -0.865. The first-order valence-corrected chi connectivity index (χ1v) is 9.39. The molecule has 0 aromatic carbocycles. The highest BCUT2D eigenvalue weighted by atomic mass is 32.1. The van der Waals surface area contributed by atoms with Crippen LogP contribution in [0.1, 0.15) is 63.7 Å². The van der Waals surface area contributed by atoms with E-state index in [2.05, 4.69) is 19.2 Å². The summed E-state index contributed by atoms with van der Waals surface area (Å²) in [6, 6.07) is 4.02. The van der Waals surface area contributed by atoms with Gasteiger partial charge in [0.15, 0.2) is 0 Å². The lowest BCUT2D eigenvalue weighted by Gasteiger charge is -2.33. The molecule has 0 spiro atoms. The Morgan fingerprint density at radius 2 is 1.78 bits per heavy atom. The number of carbonyl (C=O) groups is 2. The second kappa shape index (κ2) is 5.62. The summed E-state index contributed by atoms with van der Waals surface area (Å²) in [7, 11) is 0. The van der Waals surface area contributed by atoms with Crippen molar-refractivity contribution in [2.45, 2.75) is 69.7 Å². The molecule has 0 radical (unpaired) electrons. The minimum Gasteiger partial charge on any atom is -0.368 e. The normalized spacial score (nSPS) is 28.6. The smallest absolute Gasteiger partial charge is 0.243 e. The summed E-state index contributed by atoms with van der Waals surface area (Å²) in [5.74, 6) is -0.404. The van der Waals surface area contributed by atoms with E-state index < -0.39 is 11.0 Å². The fourth-order valence-electron chi connectivity index (χ4n) is 4.15. The fraction of sp³-hybridized carbons (Fsp3) is 0.667. The minimum absolute atomic E-state index is 0.0225. The lowest BCUT2D eigenvalue weighted by molar-refractivity contribution is -0.134. The Labute approximate surface area is 141 Å². The third kappa shape index (κ3) is 2.59. The van der Waals surface area contributed by atoms with E-state index in [4.69, 9.17) is 5.73 Å². The van der Waals surface area contributed by atoms with Crippen LogP contribution < -0.4 is 11.1 Å². The summed E-state index contributed by atoms with van der Waals surface area (Å²) in [6.07, 6.45) is 6.24. The molecule has 2 aliphatic rings. The predicted octanol–water partition coefficient (Wildman–Crippen LogP) is 3.11. The van der Waals surface area contributed by atoms with Gasteiger partial charge >= 0.3 is 0 Å². The molecule has 0 bridgehead atoms. The van der Waals surface area contributed by atoms with Gasteiger partial charge < -0.3 is 11.1 Å². The maximum absolute atomic E-state index is 13.2. The summed E-state index contributed by atoms with van der Waals surface area (Å²) < 4.78 is 0. The van der Waals surface area contributed by atoms with Gasteiger partial charge in [0.25, 0.3) is 0 Å². The molecule has 3 N–H and O–H groups in total. The standard InChI is InChI=1S/C18H26N2O2S/c1-16(2)12-18(16,13-8-7-11-23-13)15(22)20-17(14(19)21)9-5-3-4-6-10-17/h7-8,11H,3-6,9-10,12H2,1-2H3,(H2,19,21)(H,20,22)/t18-/m0/s1. The van der Waals surface area contributed by atoms with Crippen molar-refractivity contribution in [3.8, 4) is 0 Å². The molecule has 1 atom stereocenters. The van der Waals surface area contributed by atoms with Gasteiger partial charge in [-0.15, -0.1) is 11.3 Å². The molecule has 0 aliphatic heterocycles. The molecule has 23 heavy (non-hydrogen) atoms. The lowest BCUT2D eigenvalue weighted by Crippen LogP contribution is -2.59. The van der Waals surface area contributed by atoms with E-state index in [1.165, 1.54) is 0 Å². The number of amides is 2. The topological polar surface area (TPSA) is 72.2 Å². The second-order valence-corrected chi connectivity index (χ2v) is 8.71. The highest BCUT2D eigenvalue weighted by Crippen LogP contribution is 2.65. The molecular weight excluding hydrogens is 308 g/mol. The van der Waals surface area contributed by atoms with E-state index >= 15 is 0 Å². The summed E-state index contributed by atoms with van der Waals surface area (Å²) in [5, 5.41) is 5.12. The molecule has 3 rings (SSSR count). The Morgan fingerprint density at radius 3 is 2.22 bits per heavy atom. The maximum Gasteiger partial charge on any atom is 0.243 e. The van der Waals surface area contributed by atoms with Crippen molar-refractivity contribution in [1.29, 1.82) is 0 Å². The number of hydrogen-bond donors (Lipinski definition) is 2. The van der Waals surface area contributed by atoms with Crippen LogP contribution in [0.15, 0.2) is 17.5 Å². The van der Waals surface area contributed by atoms with Crippen molar-refractivity contribution in [2.75, 3.05) is 0 Å². The summed E-state index contributed by atoms with van der Waals surface area (Å²) in [4.78, 5) is 26.5. The zero-order valence-corrected chi connectivity index (χ0v) is 14.8. The summed E-state index contributed by atoms with van der Waals surface area (Å²) in [6.45, 7) is 4.24. The van der Waals surface area contributed by atoms with Crippen LogP contribution in [0, 0.1) is 5.41 Å². The number of nitrogens with two attached hydrogens (primary N) is 1. The molecule has 0 unspecified atom stereocenters. The van der Waals surface area contributed by atoms with Gasteiger partial charge in [-0.05, 0) is 36.1 Å². The molecule has 1 aromatic heterocycles. The number of thiophene rings is 1. The Kier molecular flexibility index (Phi) is 4.03. The summed E-state index contributed by atoms with van der Waals surface area (Å²) in [5.41, 5.74) is 4.27. The highest BCUT2D eigenvalue weighted by molar-refractivity contribution is 7.10. The molecule has 126 valence electrons. The van der Waals surface area contributed by atoms with Crippen LogP contribution in [0.4, 0.5) is 0 Å². The van der Waals surface area contributed by atoms with Crippen LogP contribution in [0.2, 0.25) is 0 Å². The fourth-order valence-corrected chi connectivity index (χ4v) is 5.25. The molecule has 2 saturated carbocycles. The van der Waals surface area contributed by atoms with Gasteiger partial charge in [-0.25, -0.2) is 0 Å². The lowest BCUT2D eigenvalue weighted by atomic mass is 9.86. The van der Waals surface area contributed by atoms with E-state index in [-0.39, 0.29) is 17.2 Å². The molecule has 2 amide bonds. The van der Waals surface area contributed by atoms with Crippen molar-refractivity contribution in [3.05, 3.63) is 22.4 Å². The van der Waals surface area contributed by atoms with Gasteiger partial charge in [0.05, 0.1) is 5.41 Å². The van der Waals surface area contributed by atoms with Crippen LogP contribution in [-0.4, -0.2) is 17.4 Å². The molecule has 1 aromatic rings. The van der Waals surface area contributed by atoms with E-state index in [1.807, 2.05) is 17.5 Å². The predicted molar refractivity (Wildman–Crippen MR) is 92.2 cm³/mol. The van der Waals surface area contributed by atoms with Crippen molar-refractivity contribution >= 4 is 23.2 Å². The molecule has 0 saturated heterocycles. The molecule has 4 nitrogen and oxygen atoms in total. The number of rotatable bonds is 4. The third-order valence-electron chi connectivity index (χ3n) is 5.85. The first-order valence-electron chi connectivity index (χ1n) is 8.51. The molecule has 2 fully saturated rings. The van der Waals surface area contributed by atoms with E-state index in [0.29, 0.717) is 12.8 Å². The SMILES string of the molecule is CC1(C)C[C@@]1(C(=O)NC1(C(N)=O)CCCCCC1)c1cccs1. The largest absolute Gasteiger partial charge is 0.368 e. The Morgan fingerprint density at radius 1 is 1.17 bits per heavy atom. The number of hydrogen-bond acceptors (Lipinski definition) is 3. The first-order chi connectivity index (χ1) is 10.8. The van der Waals surface area contributed by atoms with Crippen LogP contribution in [-0.2, 0) is 15.0 Å². The van der Waals surface area contributed by atoms with Gasteiger partial charge in [0.2, 0.25) is 11.8 Å². The Bertz CT molecular complexity index is 601. The van der Waals surface area contributed by atoms with Crippen LogP contribution in [0.25, 0.3) is 0 Å². The monoisotopic (exact) mass is 334 g/mol. The Hall–Kier alpha value is -1.36. The van der Waals surface area contributed by atoms with Crippen molar-refractivity contribution in [3.63, 3.8) is 0 Å². The van der Waals surface area contributed by atoms with Gasteiger partial charge in [-0.3, -0.25) is 9.59 Å². The van der Waals surface area contributed by atoms with Crippen molar-refractivity contribution in [1.82, 2.24) is 5.32 Å². The zero-order valence-electron chi connectivity index (χ0n) is 14.0. The molecular formula is C18H26N2O2S. The van der Waals surface area contributed by atoms with E-state index in [9.17, 15) is 9.59 Å². The quantitative estimate of drug-likeness (QED) is 0.831. The van der Waals surface area contributed by atoms with Crippen LogP contribution in [0.5, 0.6) is 0 Å². The van der Waals surface area contributed by atoms with Crippen LogP contribution in [0.3, 0.4) is 0 Å². The Balaban J connectivity index is 1.88. The van der Waals surface area contributed by atoms with Gasteiger partial charge in [-0.1, -0.05) is 45.6 Å².